The van der Waals surface area contributed by atoms with Crippen LogP contribution in [0.4, 0.5) is 5.69 Å². The van der Waals surface area contributed by atoms with Gasteiger partial charge in [-0.2, -0.15) is 5.26 Å². The van der Waals surface area contributed by atoms with E-state index in [0.29, 0.717) is 5.56 Å². The number of rotatable bonds is 3. The van der Waals surface area contributed by atoms with Gasteiger partial charge in [-0.1, -0.05) is 40.2 Å². The molecular formula is C15H13BrN2. The number of benzene rings is 2. The number of anilines is 1. The SMILES string of the molecule is CN(Cc1cccc(Br)c1)c1ccccc1C#N. The molecule has 0 aliphatic rings. The van der Waals surface area contributed by atoms with Crippen LogP contribution in [0.3, 0.4) is 0 Å². The fourth-order valence-electron chi connectivity index (χ4n) is 1.90. The van der Waals surface area contributed by atoms with Crippen LogP contribution in [0.5, 0.6) is 0 Å². The minimum absolute atomic E-state index is 0.704. The van der Waals surface area contributed by atoms with Crippen molar-refractivity contribution in [3.8, 4) is 6.07 Å². The van der Waals surface area contributed by atoms with Gasteiger partial charge < -0.3 is 4.90 Å². The fourth-order valence-corrected chi connectivity index (χ4v) is 2.34. The van der Waals surface area contributed by atoms with Gasteiger partial charge in [0.15, 0.2) is 0 Å². The van der Waals surface area contributed by atoms with Gasteiger partial charge in [-0.3, -0.25) is 0 Å². The quantitative estimate of drug-likeness (QED) is 0.858. The predicted molar refractivity (Wildman–Crippen MR) is 77.4 cm³/mol. The van der Waals surface area contributed by atoms with Gasteiger partial charge in [0.1, 0.15) is 6.07 Å². The monoisotopic (exact) mass is 300 g/mol. The summed E-state index contributed by atoms with van der Waals surface area (Å²) in [7, 11) is 2.00. The molecule has 2 aromatic rings. The number of para-hydroxylation sites is 1. The second kappa shape index (κ2) is 5.70. The standard InChI is InChI=1S/C15H13BrN2/c1-18(11-12-5-4-7-14(16)9-12)15-8-3-2-6-13(15)10-17/h2-9H,11H2,1H3. The van der Waals surface area contributed by atoms with Crippen LogP contribution in [-0.4, -0.2) is 7.05 Å². The van der Waals surface area contributed by atoms with Crippen molar-refractivity contribution in [2.75, 3.05) is 11.9 Å². The molecule has 0 saturated heterocycles. The Hall–Kier alpha value is -1.79. The maximum Gasteiger partial charge on any atom is 0.101 e. The third-order valence-electron chi connectivity index (χ3n) is 2.74. The van der Waals surface area contributed by atoms with E-state index in [-0.39, 0.29) is 0 Å². The molecule has 2 nitrogen and oxygen atoms in total. The number of halogens is 1. The number of nitriles is 1. The summed E-state index contributed by atoms with van der Waals surface area (Å²) in [5, 5.41) is 9.09. The lowest BCUT2D eigenvalue weighted by Gasteiger charge is -2.20. The first-order valence-electron chi connectivity index (χ1n) is 5.65. The van der Waals surface area contributed by atoms with Gasteiger partial charge in [-0.05, 0) is 29.8 Å². The highest BCUT2D eigenvalue weighted by Crippen LogP contribution is 2.21. The lowest BCUT2D eigenvalue weighted by molar-refractivity contribution is 0.920. The summed E-state index contributed by atoms with van der Waals surface area (Å²) < 4.78 is 1.07. The number of nitrogens with zero attached hydrogens (tertiary/aromatic N) is 2. The van der Waals surface area contributed by atoms with Gasteiger partial charge in [0.05, 0.1) is 11.3 Å². The van der Waals surface area contributed by atoms with E-state index < -0.39 is 0 Å². The van der Waals surface area contributed by atoms with Gasteiger partial charge >= 0.3 is 0 Å². The van der Waals surface area contributed by atoms with Gasteiger partial charge in [-0.15, -0.1) is 0 Å². The Morgan fingerprint density at radius 3 is 2.67 bits per heavy atom. The normalized spacial score (nSPS) is 9.83. The zero-order chi connectivity index (χ0) is 13.0. The van der Waals surface area contributed by atoms with Crippen molar-refractivity contribution in [3.05, 3.63) is 64.1 Å². The molecule has 0 radical (unpaired) electrons. The molecule has 0 aromatic heterocycles. The van der Waals surface area contributed by atoms with Gasteiger partial charge in [-0.25, -0.2) is 0 Å². The van der Waals surface area contributed by atoms with Crippen molar-refractivity contribution in [1.82, 2.24) is 0 Å². The fraction of sp³-hybridized carbons (Fsp3) is 0.133. The minimum atomic E-state index is 0.704. The zero-order valence-electron chi connectivity index (χ0n) is 10.1. The molecule has 0 unspecified atom stereocenters. The summed E-state index contributed by atoms with van der Waals surface area (Å²) >= 11 is 3.47. The van der Waals surface area contributed by atoms with E-state index in [9.17, 15) is 0 Å². The Labute approximate surface area is 116 Å². The first kappa shape index (κ1) is 12.7. The third-order valence-corrected chi connectivity index (χ3v) is 3.24. The molecule has 2 aromatic carbocycles. The Balaban J connectivity index is 2.22. The summed E-state index contributed by atoms with van der Waals surface area (Å²) in [5.41, 5.74) is 2.87. The van der Waals surface area contributed by atoms with Crippen LogP contribution in [0.15, 0.2) is 53.0 Å². The predicted octanol–water partition coefficient (Wildman–Crippen LogP) is 3.96. The van der Waals surface area contributed by atoms with Crippen molar-refractivity contribution in [2.45, 2.75) is 6.54 Å². The van der Waals surface area contributed by atoms with Crippen molar-refractivity contribution in [1.29, 1.82) is 5.26 Å². The first-order valence-corrected chi connectivity index (χ1v) is 6.44. The third kappa shape index (κ3) is 2.91. The second-order valence-corrected chi connectivity index (χ2v) is 5.03. The van der Waals surface area contributed by atoms with Crippen LogP contribution in [0.2, 0.25) is 0 Å². The van der Waals surface area contributed by atoms with Crippen LogP contribution in [0.1, 0.15) is 11.1 Å². The maximum absolute atomic E-state index is 9.09. The van der Waals surface area contributed by atoms with Crippen molar-refractivity contribution < 1.29 is 0 Å². The molecule has 0 saturated carbocycles. The van der Waals surface area contributed by atoms with E-state index in [4.69, 9.17) is 5.26 Å². The molecule has 0 N–H and O–H groups in total. The summed E-state index contributed by atoms with van der Waals surface area (Å²) in [6.07, 6.45) is 0. The highest BCUT2D eigenvalue weighted by molar-refractivity contribution is 9.10. The Morgan fingerprint density at radius 2 is 1.94 bits per heavy atom. The summed E-state index contributed by atoms with van der Waals surface area (Å²) in [5.74, 6) is 0. The van der Waals surface area contributed by atoms with Gasteiger partial charge in [0, 0.05) is 18.1 Å². The van der Waals surface area contributed by atoms with E-state index in [1.54, 1.807) is 0 Å². The van der Waals surface area contributed by atoms with E-state index >= 15 is 0 Å². The van der Waals surface area contributed by atoms with Crippen LogP contribution < -0.4 is 4.90 Å². The van der Waals surface area contributed by atoms with Gasteiger partial charge in [0.25, 0.3) is 0 Å². The Morgan fingerprint density at radius 1 is 1.17 bits per heavy atom. The minimum Gasteiger partial charge on any atom is -0.369 e. The van der Waals surface area contributed by atoms with Crippen LogP contribution >= 0.6 is 15.9 Å². The highest BCUT2D eigenvalue weighted by Gasteiger charge is 2.07. The maximum atomic E-state index is 9.09. The largest absolute Gasteiger partial charge is 0.369 e. The summed E-state index contributed by atoms with van der Waals surface area (Å²) in [6, 6.07) is 18.1. The molecule has 0 amide bonds. The molecule has 0 aliphatic heterocycles. The van der Waals surface area contributed by atoms with Crippen LogP contribution in [-0.2, 0) is 6.54 Å². The smallest absolute Gasteiger partial charge is 0.101 e. The molecule has 90 valence electrons. The molecule has 0 atom stereocenters. The molecule has 0 heterocycles. The molecular weight excluding hydrogens is 288 g/mol. The second-order valence-electron chi connectivity index (χ2n) is 4.11. The van der Waals surface area contributed by atoms with E-state index in [0.717, 1.165) is 16.7 Å². The first-order chi connectivity index (χ1) is 8.70. The lowest BCUT2D eigenvalue weighted by Crippen LogP contribution is -2.17. The molecule has 18 heavy (non-hydrogen) atoms. The van der Waals surface area contributed by atoms with Crippen molar-refractivity contribution >= 4 is 21.6 Å². The van der Waals surface area contributed by atoms with Gasteiger partial charge in [0.2, 0.25) is 0 Å². The highest BCUT2D eigenvalue weighted by atomic mass is 79.9. The Kier molecular flexibility index (Phi) is 4.01. The van der Waals surface area contributed by atoms with Crippen molar-refractivity contribution in [3.63, 3.8) is 0 Å². The lowest BCUT2D eigenvalue weighted by atomic mass is 10.1. The summed E-state index contributed by atoms with van der Waals surface area (Å²) in [4.78, 5) is 2.08. The summed E-state index contributed by atoms with van der Waals surface area (Å²) in [6.45, 7) is 0.776. The molecule has 3 heteroatoms. The number of hydrogen-bond acceptors (Lipinski definition) is 2. The average Bonchev–Trinajstić information content (AvgIpc) is 2.38. The van der Waals surface area contributed by atoms with E-state index in [1.807, 2.05) is 43.4 Å². The molecule has 2 rings (SSSR count). The molecule has 0 fully saturated rings. The van der Waals surface area contributed by atoms with E-state index in [2.05, 4.69) is 39.0 Å². The van der Waals surface area contributed by atoms with Crippen molar-refractivity contribution in [2.24, 2.45) is 0 Å². The average molecular weight is 301 g/mol. The van der Waals surface area contributed by atoms with Crippen LogP contribution in [0, 0.1) is 11.3 Å². The molecule has 0 bridgehead atoms. The zero-order valence-corrected chi connectivity index (χ0v) is 11.7. The molecule has 0 aliphatic carbocycles. The van der Waals surface area contributed by atoms with E-state index in [1.165, 1.54) is 5.56 Å². The Bertz CT molecular complexity index is 587. The number of hydrogen-bond donors (Lipinski definition) is 0. The molecule has 0 spiro atoms. The topological polar surface area (TPSA) is 27.0 Å². The van der Waals surface area contributed by atoms with Crippen LogP contribution in [0.25, 0.3) is 0 Å².